The van der Waals surface area contributed by atoms with Crippen molar-refractivity contribution in [2.75, 3.05) is 0 Å². The molecule has 3 rings (SSSR count). The van der Waals surface area contributed by atoms with Gasteiger partial charge in [-0.15, -0.1) is 0 Å². The number of aromatic hydroxyl groups is 1. The number of fused-ring (bicyclic) bond motifs is 2. The van der Waals surface area contributed by atoms with Crippen molar-refractivity contribution < 1.29 is 5.11 Å². The third-order valence-corrected chi connectivity index (χ3v) is 5.17. The average molecular weight is 331 g/mol. The molecular weight excluding hydrogens is 312 g/mol. The minimum Gasteiger partial charge on any atom is -0.508 e. The lowest BCUT2D eigenvalue weighted by Gasteiger charge is -2.44. The smallest absolute Gasteiger partial charge is 0.115 e. The maximum atomic E-state index is 9.88. The SMILES string of the molecule is CC1(C)c2ccc(Br)cc2C(C)(C)c2ccc(O)cc21. The Labute approximate surface area is 128 Å². The first-order chi connectivity index (χ1) is 9.24. The molecule has 0 saturated heterocycles. The summed E-state index contributed by atoms with van der Waals surface area (Å²) in [5.74, 6) is 0.341. The summed E-state index contributed by atoms with van der Waals surface area (Å²) in [7, 11) is 0. The van der Waals surface area contributed by atoms with Crippen LogP contribution in [0, 0.1) is 0 Å². The Kier molecular flexibility index (Phi) is 2.81. The van der Waals surface area contributed by atoms with Gasteiger partial charge in [-0.25, -0.2) is 0 Å². The van der Waals surface area contributed by atoms with E-state index in [0.29, 0.717) is 5.75 Å². The van der Waals surface area contributed by atoms with Crippen LogP contribution < -0.4 is 0 Å². The Morgan fingerprint density at radius 1 is 0.750 bits per heavy atom. The monoisotopic (exact) mass is 330 g/mol. The molecule has 0 aliphatic heterocycles. The van der Waals surface area contributed by atoms with E-state index in [0.717, 1.165) is 4.47 Å². The second kappa shape index (κ2) is 4.11. The Hall–Kier alpha value is -1.28. The van der Waals surface area contributed by atoms with Crippen LogP contribution in [0.25, 0.3) is 0 Å². The number of rotatable bonds is 0. The first kappa shape index (κ1) is 13.7. The van der Waals surface area contributed by atoms with Gasteiger partial charge in [0.1, 0.15) is 5.75 Å². The minimum atomic E-state index is -0.0976. The van der Waals surface area contributed by atoms with Crippen molar-refractivity contribution in [1.29, 1.82) is 0 Å². The molecule has 0 atom stereocenters. The van der Waals surface area contributed by atoms with E-state index in [9.17, 15) is 5.11 Å². The number of phenols is 1. The molecule has 0 amide bonds. The maximum absolute atomic E-state index is 9.88. The lowest BCUT2D eigenvalue weighted by Crippen LogP contribution is -2.36. The molecule has 0 aromatic heterocycles. The molecule has 20 heavy (non-hydrogen) atoms. The first-order valence-corrected chi connectivity index (χ1v) is 7.68. The lowest BCUT2D eigenvalue weighted by atomic mass is 9.60. The standard InChI is InChI=1S/C18H19BrO/c1-17(2)14-8-6-12(20)10-16(14)18(3,4)13-7-5-11(19)9-15(13)17/h5-10,20H,1-4H3. The van der Waals surface area contributed by atoms with Crippen LogP contribution in [0.3, 0.4) is 0 Å². The molecule has 1 nitrogen and oxygen atoms in total. The highest BCUT2D eigenvalue weighted by Gasteiger charge is 2.41. The van der Waals surface area contributed by atoms with E-state index in [1.54, 1.807) is 6.07 Å². The van der Waals surface area contributed by atoms with Gasteiger partial charge in [0.2, 0.25) is 0 Å². The third-order valence-electron chi connectivity index (χ3n) is 4.68. The third kappa shape index (κ3) is 1.74. The van der Waals surface area contributed by atoms with Gasteiger partial charge in [0, 0.05) is 15.3 Å². The van der Waals surface area contributed by atoms with Gasteiger partial charge >= 0.3 is 0 Å². The molecule has 1 N–H and O–H groups in total. The first-order valence-electron chi connectivity index (χ1n) is 6.89. The average Bonchev–Trinajstić information content (AvgIpc) is 2.36. The van der Waals surface area contributed by atoms with E-state index in [1.165, 1.54) is 22.3 Å². The van der Waals surface area contributed by atoms with Crippen molar-refractivity contribution in [2.24, 2.45) is 0 Å². The lowest BCUT2D eigenvalue weighted by molar-refractivity contribution is 0.465. The van der Waals surface area contributed by atoms with Gasteiger partial charge in [-0.3, -0.25) is 0 Å². The van der Waals surface area contributed by atoms with E-state index in [2.05, 4.69) is 67.9 Å². The molecule has 1 aliphatic rings. The molecule has 2 heteroatoms. The van der Waals surface area contributed by atoms with Gasteiger partial charge in [0.05, 0.1) is 0 Å². The second-order valence-electron chi connectivity index (χ2n) is 6.67. The number of halogens is 1. The summed E-state index contributed by atoms with van der Waals surface area (Å²) >= 11 is 3.59. The predicted octanol–water partition coefficient (Wildman–Crippen LogP) is 5.12. The molecule has 0 radical (unpaired) electrons. The largest absolute Gasteiger partial charge is 0.508 e. The molecule has 2 aromatic carbocycles. The predicted molar refractivity (Wildman–Crippen MR) is 86.5 cm³/mol. The van der Waals surface area contributed by atoms with Crippen LogP contribution in [0.5, 0.6) is 5.75 Å². The normalized spacial score (nSPS) is 18.2. The number of benzene rings is 2. The fraction of sp³-hybridized carbons (Fsp3) is 0.333. The van der Waals surface area contributed by atoms with Crippen LogP contribution >= 0.6 is 15.9 Å². The van der Waals surface area contributed by atoms with Crippen molar-refractivity contribution in [2.45, 2.75) is 38.5 Å². The fourth-order valence-corrected chi connectivity index (χ4v) is 3.82. The topological polar surface area (TPSA) is 20.2 Å². The molecule has 104 valence electrons. The zero-order chi connectivity index (χ0) is 14.7. The van der Waals surface area contributed by atoms with Crippen molar-refractivity contribution in [1.82, 2.24) is 0 Å². The molecule has 0 fully saturated rings. The van der Waals surface area contributed by atoms with Gasteiger partial charge in [-0.1, -0.05) is 55.8 Å². The highest BCUT2D eigenvalue weighted by Crippen LogP contribution is 2.50. The van der Waals surface area contributed by atoms with Crippen molar-refractivity contribution in [3.63, 3.8) is 0 Å². The Bertz CT molecular complexity index is 637. The number of phenolic OH excluding ortho intramolecular Hbond substituents is 1. The van der Waals surface area contributed by atoms with Crippen LogP contribution in [-0.4, -0.2) is 5.11 Å². The Morgan fingerprint density at radius 3 is 1.85 bits per heavy atom. The molecule has 0 unspecified atom stereocenters. The van der Waals surface area contributed by atoms with E-state index >= 15 is 0 Å². The van der Waals surface area contributed by atoms with Gasteiger partial charge in [0.15, 0.2) is 0 Å². The highest BCUT2D eigenvalue weighted by atomic mass is 79.9. The molecule has 1 aliphatic carbocycles. The van der Waals surface area contributed by atoms with Gasteiger partial charge < -0.3 is 5.11 Å². The zero-order valence-corrected chi connectivity index (χ0v) is 13.9. The van der Waals surface area contributed by atoms with E-state index < -0.39 is 0 Å². The van der Waals surface area contributed by atoms with Crippen LogP contribution in [-0.2, 0) is 10.8 Å². The molecule has 0 heterocycles. The van der Waals surface area contributed by atoms with Crippen molar-refractivity contribution >= 4 is 15.9 Å². The van der Waals surface area contributed by atoms with Crippen LogP contribution in [0.15, 0.2) is 40.9 Å². The number of hydrogen-bond donors (Lipinski definition) is 1. The molecule has 2 aromatic rings. The fourth-order valence-electron chi connectivity index (χ4n) is 3.46. The number of hydrogen-bond acceptors (Lipinski definition) is 1. The minimum absolute atomic E-state index is 0.0579. The molecule has 0 spiro atoms. The van der Waals surface area contributed by atoms with Crippen molar-refractivity contribution in [3.05, 3.63) is 63.1 Å². The van der Waals surface area contributed by atoms with Gasteiger partial charge in [0.25, 0.3) is 0 Å². The van der Waals surface area contributed by atoms with Crippen molar-refractivity contribution in [3.8, 4) is 5.75 Å². The maximum Gasteiger partial charge on any atom is 0.115 e. The molecule has 0 bridgehead atoms. The summed E-state index contributed by atoms with van der Waals surface area (Å²) in [6.07, 6.45) is 0. The van der Waals surface area contributed by atoms with E-state index in [-0.39, 0.29) is 10.8 Å². The zero-order valence-electron chi connectivity index (χ0n) is 12.3. The van der Waals surface area contributed by atoms with Crippen LogP contribution in [0.2, 0.25) is 0 Å². The quantitative estimate of drug-likeness (QED) is 0.710. The summed E-state index contributed by atoms with van der Waals surface area (Å²) < 4.78 is 1.11. The summed E-state index contributed by atoms with van der Waals surface area (Å²) in [6.45, 7) is 8.97. The van der Waals surface area contributed by atoms with Crippen LogP contribution in [0.4, 0.5) is 0 Å². The molecular formula is C18H19BrO. The Morgan fingerprint density at radius 2 is 1.25 bits per heavy atom. The second-order valence-corrected chi connectivity index (χ2v) is 7.59. The Balaban J connectivity index is 2.40. The highest BCUT2D eigenvalue weighted by molar-refractivity contribution is 9.10. The summed E-state index contributed by atoms with van der Waals surface area (Å²) in [5.41, 5.74) is 5.05. The van der Waals surface area contributed by atoms with Crippen LogP contribution in [0.1, 0.15) is 49.9 Å². The van der Waals surface area contributed by atoms with E-state index in [1.807, 2.05) is 6.07 Å². The van der Waals surface area contributed by atoms with E-state index in [4.69, 9.17) is 0 Å². The summed E-state index contributed by atoms with van der Waals surface area (Å²) in [5, 5.41) is 9.88. The summed E-state index contributed by atoms with van der Waals surface area (Å²) in [6, 6.07) is 12.3. The van der Waals surface area contributed by atoms with Gasteiger partial charge in [-0.05, 0) is 46.5 Å². The van der Waals surface area contributed by atoms with Gasteiger partial charge in [-0.2, -0.15) is 0 Å². The summed E-state index contributed by atoms with van der Waals surface area (Å²) in [4.78, 5) is 0. The molecule has 0 saturated carbocycles.